The van der Waals surface area contributed by atoms with Crippen LogP contribution in [0.2, 0.25) is 0 Å². The number of benzene rings is 1. The van der Waals surface area contributed by atoms with E-state index in [1.165, 1.54) is 76.7 Å². The van der Waals surface area contributed by atoms with Crippen LogP contribution in [0, 0.1) is 0 Å². The maximum absolute atomic E-state index is 10.2. The molecule has 0 spiro atoms. The van der Waals surface area contributed by atoms with Gasteiger partial charge in [0.2, 0.25) is 0 Å². The molecule has 0 atom stereocenters. The molecule has 6 nitrogen and oxygen atoms in total. The van der Waals surface area contributed by atoms with Crippen molar-refractivity contribution in [1.82, 2.24) is 0 Å². The monoisotopic (exact) mass is 550 g/mol. The number of rotatable bonds is 17. The fraction of sp³-hybridized carbons (Fsp3) is 0.552. The van der Waals surface area contributed by atoms with Gasteiger partial charge >= 0.3 is 86.9 Å². The van der Waals surface area contributed by atoms with Gasteiger partial charge in [0, 0.05) is 5.97 Å². The summed E-state index contributed by atoms with van der Waals surface area (Å²) in [5, 5.41) is 28.2. The smallest absolute Gasteiger partial charge is 0.550 e. The van der Waals surface area contributed by atoms with Crippen LogP contribution in [0.5, 0.6) is 0 Å². The van der Waals surface area contributed by atoms with Crippen molar-refractivity contribution >= 4 is 17.9 Å². The number of carbonyl (C=O) groups excluding carboxylic acids is 2. The second-order valence-corrected chi connectivity index (χ2v) is 8.24. The SMILES string of the molecule is C/C=C/C=C/C(=O)[O-].CCCCCCCCCCCCCCCC(=O)[O-].O=C(O)c1ccccc1.[K+].[Na+]. The maximum atomic E-state index is 10.2. The fourth-order valence-corrected chi connectivity index (χ4v) is 3.11. The Morgan fingerprint density at radius 3 is 1.51 bits per heavy atom. The molecular formula is C29H44KNaO6. The van der Waals surface area contributed by atoms with Crippen molar-refractivity contribution in [2.45, 2.75) is 104 Å². The van der Waals surface area contributed by atoms with Gasteiger partial charge in [-0.1, -0.05) is 120 Å². The zero-order valence-electron chi connectivity index (χ0n) is 23.6. The number of allylic oxidation sites excluding steroid dienone is 3. The first-order valence-electron chi connectivity index (χ1n) is 12.8. The average Bonchev–Trinajstić information content (AvgIpc) is 2.83. The summed E-state index contributed by atoms with van der Waals surface area (Å²) in [6.07, 6.45) is 22.7. The molecule has 1 N–H and O–H groups in total. The molecule has 0 radical (unpaired) electrons. The second kappa shape index (κ2) is 35.7. The van der Waals surface area contributed by atoms with Gasteiger partial charge in [-0.25, -0.2) is 4.79 Å². The molecule has 0 fully saturated rings. The third-order valence-corrected chi connectivity index (χ3v) is 5.04. The standard InChI is InChI=1S/C16H32O2.C7H6O2.C6H8O2.K.Na/c1-2-3-4-5-6-7-8-9-10-11-12-13-14-15-16(17)18;8-7(9)6-4-2-1-3-5-6;1-2-3-4-5-6(7)8;;/h2-15H2,1H3,(H,17,18);1-5H,(H,8,9);2-5H,1H3,(H,7,8);;/q;;;2*+1/p-2/b;;3-2+,5-4+;;. The van der Waals surface area contributed by atoms with Crippen molar-refractivity contribution in [3.63, 3.8) is 0 Å². The Labute approximate surface area is 289 Å². The molecule has 0 aromatic heterocycles. The van der Waals surface area contributed by atoms with Crippen LogP contribution in [-0.2, 0) is 9.59 Å². The summed E-state index contributed by atoms with van der Waals surface area (Å²) < 4.78 is 0. The van der Waals surface area contributed by atoms with Crippen LogP contribution in [0.4, 0.5) is 0 Å². The molecule has 198 valence electrons. The van der Waals surface area contributed by atoms with Crippen LogP contribution in [0.1, 0.15) is 114 Å². The van der Waals surface area contributed by atoms with Crippen molar-refractivity contribution in [1.29, 1.82) is 0 Å². The quantitative estimate of drug-likeness (QED) is 0.121. The van der Waals surface area contributed by atoms with Crippen LogP contribution in [0.3, 0.4) is 0 Å². The summed E-state index contributed by atoms with van der Waals surface area (Å²) >= 11 is 0. The van der Waals surface area contributed by atoms with E-state index in [0.717, 1.165) is 18.9 Å². The Kier molecular flexibility index (Phi) is 42.3. The summed E-state index contributed by atoms with van der Waals surface area (Å²) in [7, 11) is 0. The fourth-order valence-electron chi connectivity index (χ4n) is 3.11. The molecule has 0 aliphatic heterocycles. The zero-order valence-corrected chi connectivity index (χ0v) is 28.7. The van der Waals surface area contributed by atoms with Gasteiger partial charge in [-0.15, -0.1) is 0 Å². The van der Waals surface area contributed by atoms with Gasteiger partial charge in [0.05, 0.1) is 11.5 Å². The van der Waals surface area contributed by atoms with E-state index in [-0.39, 0.29) is 87.4 Å². The maximum Gasteiger partial charge on any atom is 1.00 e. The van der Waals surface area contributed by atoms with Crippen molar-refractivity contribution in [3.8, 4) is 0 Å². The molecule has 0 amide bonds. The van der Waals surface area contributed by atoms with Crippen LogP contribution >= 0.6 is 0 Å². The van der Waals surface area contributed by atoms with E-state index < -0.39 is 17.9 Å². The molecule has 0 heterocycles. The van der Waals surface area contributed by atoms with Crippen LogP contribution < -0.4 is 91.2 Å². The molecule has 0 bridgehead atoms. The van der Waals surface area contributed by atoms with Gasteiger partial charge in [0.15, 0.2) is 0 Å². The molecular weight excluding hydrogens is 506 g/mol. The number of carbonyl (C=O) groups is 3. The van der Waals surface area contributed by atoms with Gasteiger partial charge in [0.25, 0.3) is 0 Å². The summed E-state index contributed by atoms with van der Waals surface area (Å²) in [6, 6.07) is 8.30. The predicted octanol–water partition coefficient (Wildman–Crippen LogP) is -0.521. The molecule has 37 heavy (non-hydrogen) atoms. The Balaban J connectivity index is -0.000000240. The number of carboxylic acids is 3. The molecule has 0 saturated carbocycles. The third kappa shape index (κ3) is 40.4. The number of carboxylic acid groups (broad SMARTS) is 3. The average molecular weight is 551 g/mol. The van der Waals surface area contributed by atoms with Crippen LogP contribution in [0.15, 0.2) is 54.6 Å². The first-order chi connectivity index (χ1) is 16.8. The van der Waals surface area contributed by atoms with Crippen molar-refractivity contribution in [2.24, 2.45) is 0 Å². The molecule has 0 aliphatic rings. The Morgan fingerprint density at radius 1 is 0.757 bits per heavy atom. The van der Waals surface area contributed by atoms with Gasteiger partial charge in [-0.3, -0.25) is 0 Å². The van der Waals surface area contributed by atoms with E-state index in [0.29, 0.717) is 5.56 Å². The molecule has 1 aromatic carbocycles. The van der Waals surface area contributed by atoms with Gasteiger partial charge in [-0.2, -0.15) is 0 Å². The van der Waals surface area contributed by atoms with Crippen molar-refractivity contribution in [2.75, 3.05) is 0 Å². The van der Waals surface area contributed by atoms with Crippen LogP contribution in [0.25, 0.3) is 0 Å². The number of unbranched alkanes of at least 4 members (excludes halogenated alkanes) is 12. The van der Waals surface area contributed by atoms with E-state index in [2.05, 4.69) is 6.92 Å². The molecule has 8 heteroatoms. The summed E-state index contributed by atoms with van der Waals surface area (Å²) in [5.41, 5.74) is 0.331. The van der Waals surface area contributed by atoms with Crippen molar-refractivity contribution < 1.29 is 111 Å². The minimum absolute atomic E-state index is 0. The van der Waals surface area contributed by atoms with Gasteiger partial charge in [0.1, 0.15) is 0 Å². The summed E-state index contributed by atoms with van der Waals surface area (Å²) in [6.45, 7) is 4.06. The van der Waals surface area contributed by atoms with Gasteiger partial charge < -0.3 is 24.9 Å². The molecule has 0 saturated heterocycles. The van der Waals surface area contributed by atoms with E-state index in [9.17, 15) is 24.6 Å². The molecule has 1 aromatic rings. The van der Waals surface area contributed by atoms with Gasteiger partial charge in [-0.05, 0) is 38.0 Å². The van der Waals surface area contributed by atoms with E-state index >= 15 is 0 Å². The number of hydrogen-bond donors (Lipinski definition) is 1. The number of aliphatic carboxylic acids is 2. The number of aromatic carboxylic acids is 1. The minimum Gasteiger partial charge on any atom is -0.550 e. The van der Waals surface area contributed by atoms with E-state index in [1.54, 1.807) is 49.4 Å². The zero-order chi connectivity index (χ0) is 26.6. The van der Waals surface area contributed by atoms with E-state index in [4.69, 9.17) is 5.11 Å². The Morgan fingerprint density at radius 2 is 1.19 bits per heavy atom. The largest absolute Gasteiger partial charge is 1.00 e. The summed E-state index contributed by atoms with van der Waals surface area (Å²) in [4.78, 5) is 30.0. The van der Waals surface area contributed by atoms with E-state index in [1.807, 2.05) is 0 Å². The third-order valence-electron chi connectivity index (χ3n) is 5.04. The molecule has 0 unspecified atom stereocenters. The molecule has 1 rings (SSSR count). The van der Waals surface area contributed by atoms with Crippen LogP contribution in [-0.4, -0.2) is 23.0 Å². The molecule has 0 aliphatic carbocycles. The number of hydrogen-bond acceptors (Lipinski definition) is 5. The predicted molar refractivity (Wildman–Crippen MR) is 138 cm³/mol. The minimum atomic E-state index is -1.16. The second-order valence-electron chi connectivity index (χ2n) is 8.24. The normalized spacial score (nSPS) is 9.78. The Bertz CT molecular complexity index is 708. The first kappa shape index (κ1) is 43.8. The topological polar surface area (TPSA) is 118 Å². The van der Waals surface area contributed by atoms with Crippen molar-refractivity contribution in [3.05, 3.63) is 60.2 Å². The summed E-state index contributed by atoms with van der Waals surface area (Å²) in [5.74, 6) is -2.95. The first-order valence-corrected chi connectivity index (χ1v) is 12.8. The Hall–Kier alpha value is -0.254.